The fourth-order valence-corrected chi connectivity index (χ4v) is 3.13. The zero-order chi connectivity index (χ0) is 19.7. The molecule has 1 N–H and O–H groups in total. The second kappa shape index (κ2) is 6.59. The van der Waals surface area contributed by atoms with Gasteiger partial charge in [0.05, 0.1) is 23.9 Å². The van der Waals surface area contributed by atoms with Crippen LogP contribution in [0.3, 0.4) is 0 Å². The number of tetrazole rings is 1. The molecule has 1 aromatic heterocycles. The smallest absolute Gasteiger partial charge is 0.319 e. The molecule has 0 spiro atoms. The zero-order valence-corrected chi connectivity index (χ0v) is 14.9. The number of para-hydroxylation sites is 1. The van der Waals surface area contributed by atoms with E-state index in [1.54, 1.807) is 31.2 Å². The van der Waals surface area contributed by atoms with Crippen LogP contribution in [0, 0.1) is 11.3 Å². The SMILES string of the molecule is C[C@@]1(c2ccc(C#N)cc2)NC(=O)N(Cc2nnnn2-c2ccccc2)C1=O. The van der Waals surface area contributed by atoms with Gasteiger partial charge in [0.25, 0.3) is 5.91 Å². The van der Waals surface area contributed by atoms with Crippen LogP contribution in [-0.2, 0) is 16.9 Å². The highest BCUT2D eigenvalue weighted by Gasteiger charge is 2.49. The molecule has 2 heterocycles. The molecule has 1 aliphatic rings. The van der Waals surface area contributed by atoms with E-state index in [9.17, 15) is 9.59 Å². The van der Waals surface area contributed by atoms with Crippen LogP contribution in [0.15, 0.2) is 54.6 Å². The highest BCUT2D eigenvalue weighted by molar-refractivity contribution is 6.07. The van der Waals surface area contributed by atoms with Crippen LogP contribution in [-0.4, -0.2) is 37.0 Å². The van der Waals surface area contributed by atoms with Gasteiger partial charge in [-0.25, -0.2) is 4.79 Å². The zero-order valence-electron chi connectivity index (χ0n) is 14.9. The highest BCUT2D eigenvalue weighted by atomic mass is 16.2. The Balaban J connectivity index is 1.62. The maximum Gasteiger partial charge on any atom is 0.325 e. The Hall–Kier alpha value is -4.06. The molecule has 0 unspecified atom stereocenters. The number of urea groups is 1. The fourth-order valence-electron chi connectivity index (χ4n) is 3.13. The molecule has 2 aromatic carbocycles. The number of imide groups is 1. The number of hydrogen-bond donors (Lipinski definition) is 1. The lowest BCUT2D eigenvalue weighted by Gasteiger charge is -2.22. The van der Waals surface area contributed by atoms with Gasteiger partial charge in [0.2, 0.25) is 0 Å². The molecular weight excluding hydrogens is 358 g/mol. The van der Waals surface area contributed by atoms with E-state index in [-0.39, 0.29) is 6.54 Å². The number of nitrogens with one attached hydrogen (secondary N) is 1. The van der Waals surface area contributed by atoms with Gasteiger partial charge in [-0.05, 0) is 47.2 Å². The third-order valence-corrected chi connectivity index (χ3v) is 4.70. The first kappa shape index (κ1) is 17.4. The molecular formula is C19H15N7O2. The van der Waals surface area contributed by atoms with Gasteiger partial charge < -0.3 is 5.32 Å². The molecule has 4 rings (SSSR count). The summed E-state index contributed by atoms with van der Waals surface area (Å²) in [6.45, 7) is 1.56. The Kier molecular flexibility index (Phi) is 4.08. The van der Waals surface area contributed by atoms with Crippen LogP contribution >= 0.6 is 0 Å². The van der Waals surface area contributed by atoms with Gasteiger partial charge >= 0.3 is 6.03 Å². The molecule has 1 fully saturated rings. The second-order valence-corrected chi connectivity index (χ2v) is 6.48. The van der Waals surface area contributed by atoms with Crippen molar-refractivity contribution in [3.63, 3.8) is 0 Å². The molecule has 0 saturated carbocycles. The molecule has 28 heavy (non-hydrogen) atoms. The summed E-state index contributed by atoms with van der Waals surface area (Å²) in [4.78, 5) is 26.7. The first-order chi connectivity index (χ1) is 13.5. The fraction of sp³-hybridized carbons (Fsp3) is 0.158. The highest BCUT2D eigenvalue weighted by Crippen LogP contribution is 2.29. The van der Waals surface area contributed by atoms with Crippen molar-refractivity contribution in [2.45, 2.75) is 19.0 Å². The monoisotopic (exact) mass is 373 g/mol. The van der Waals surface area contributed by atoms with Gasteiger partial charge in [-0.2, -0.15) is 9.94 Å². The lowest BCUT2D eigenvalue weighted by atomic mass is 9.91. The number of carbonyl (C=O) groups is 2. The Labute approximate surface area is 160 Å². The Morgan fingerprint density at radius 3 is 2.50 bits per heavy atom. The van der Waals surface area contributed by atoms with E-state index in [4.69, 9.17) is 5.26 Å². The van der Waals surface area contributed by atoms with E-state index in [0.717, 1.165) is 10.6 Å². The van der Waals surface area contributed by atoms with Gasteiger partial charge in [-0.3, -0.25) is 9.69 Å². The number of benzene rings is 2. The third-order valence-electron chi connectivity index (χ3n) is 4.70. The Bertz CT molecular complexity index is 1090. The number of carbonyl (C=O) groups excluding carboxylic acids is 2. The number of amides is 3. The van der Waals surface area contributed by atoms with E-state index in [0.29, 0.717) is 17.0 Å². The van der Waals surface area contributed by atoms with Crippen LogP contribution in [0.5, 0.6) is 0 Å². The van der Waals surface area contributed by atoms with Crippen LogP contribution in [0.25, 0.3) is 5.69 Å². The van der Waals surface area contributed by atoms with Gasteiger partial charge in [-0.1, -0.05) is 30.3 Å². The molecule has 1 saturated heterocycles. The molecule has 0 bridgehead atoms. The predicted molar refractivity (Wildman–Crippen MR) is 96.7 cm³/mol. The number of nitrogens with zero attached hydrogens (tertiary/aromatic N) is 6. The van der Waals surface area contributed by atoms with Gasteiger partial charge in [0.1, 0.15) is 5.54 Å². The maximum absolute atomic E-state index is 13.1. The molecule has 0 radical (unpaired) electrons. The largest absolute Gasteiger partial charge is 0.325 e. The molecule has 9 nitrogen and oxygen atoms in total. The van der Waals surface area contributed by atoms with Crippen molar-refractivity contribution in [1.29, 1.82) is 5.26 Å². The van der Waals surface area contributed by atoms with Crippen molar-refractivity contribution >= 4 is 11.9 Å². The predicted octanol–water partition coefficient (Wildman–Crippen LogP) is 1.50. The first-order valence-corrected chi connectivity index (χ1v) is 8.50. The summed E-state index contributed by atoms with van der Waals surface area (Å²) >= 11 is 0. The number of rotatable bonds is 4. The average Bonchev–Trinajstić information content (AvgIpc) is 3.28. The van der Waals surface area contributed by atoms with Crippen LogP contribution in [0.1, 0.15) is 23.9 Å². The minimum atomic E-state index is -1.23. The normalized spacial score (nSPS) is 18.8. The van der Waals surface area contributed by atoms with Gasteiger partial charge in [0.15, 0.2) is 5.82 Å². The summed E-state index contributed by atoms with van der Waals surface area (Å²) in [7, 11) is 0. The topological polar surface area (TPSA) is 117 Å². The Morgan fingerprint density at radius 1 is 1.11 bits per heavy atom. The molecule has 3 amide bonds. The molecule has 9 heteroatoms. The average molecular weight is 373 g/mol. The lowest BCUT2D eigenvalue weighted by molar-refractivity contribution is -0.131. The lowest BCUT2D eigenvalue weighted by Crippen LogP contribution is -2.40. The number of nitriles is 1. The van der Waals surface area contributed by atoms with E-state index < -0.39 is 17.5 Å². The van der Waals surface area contributed by atoms with Crippen molar-refractivity contribution in [1.82, 2.24) is 30.4 Å². The molecule has 138 valence electrons. The number of aromatic nitrogens is 4. The van der Waals surface area contributed by atoms with Crippen molar-refractivity contribution in [3.05, 3.63) is 71.5 Å². The van der Waals surface area contributed by atoms with Crippen LogP contribution < -0.4 is 5.32 Å². The van der Waals surface area contributed by atoms with Crippen molar-refractivity contribution < 1.29 is 9.59 Å². The van der Waals surface area contributed by atoms with E-state index >= 15 is 0 Å². The quantitative estimate of drug-likeness (QED) is 0.693. The van der Waals surface area contributed by atoms with Gasteiger partial charge in [0, 0.05) is 0 Å². The summed E-state index contributed by atoms with van der Waals surface area (Å²) in [5, 5.41) is 23.2. The first-order valence-electron chi connectivity index (χ1n) is 8.50. The van der Waals surface area contributed by atoms with E-state index in [1.807, 2.05) is 36.4 Å². The second-order valence-electron chi connectivity index (χ2n) is 6.48. The summed E-state index contributed by atoms with van der Waals surface area (Å²) in [6, 6.07) is 17.3. The standard InChI is InChI=1S/C19H15N7O2/c1-19(14-9-7-13(11-20)8-10-14)17(27)25(18(28)21-19)12-16-22-23-24-26(16)15-5-3-2-4-6-15/h2-10H,12H2,1H3,(H,21,28)/t19-/m0/s1. The van der Waals surface area contributed by atoms with Crippen molar-refractivity contribution in [3.8, 4) is 11.8 Å². The van der Waals surface area contributed by atoms with Crippen molar-refractivity contribution in [2.75, 3.05) is 0 Å². The minimum Gasteiger partial charge on any atom is -0.319 e. The molecule has 1 atom stereocenters. The third kappa shape index (κ3) is 2.77. The minimum absolute atomic E-state index is 0.0710. The van der Waals surface area contributed by atoms with E-state index in [2.05, 4.69) is 20.8 Å². The van der Waals surface area contributed by atoms with Gasteiger partial charge in [-0.15, -0.1) is 5.10 Å². The summed E-state index contributed by atoms with van der Waals surface area (Å²) in [6.07, 6.45) is 0. The summed E-state index contributed by atoms with van der Waals surface area (Å²) in [5.74, 6) is -0.0522. The Morgan fingerprint density at radius 2 is 1.82 bits per heavy atom. The number of hydrogen-bond acceptors (Lipinski definition) is 6. The van der Waals surface area contributed by atoms with Crippen LogP contribution in [0.2, 0.25) is 0 Å². The maximum atomic E-state index is 13.1. The van der Waals surface area contributed by atoms with Crippen molar-refractivity contribution in [2.24, 2.45) is 0 Å². The van der Waals surface area contributed by atoms with Crippen LogP contribution in [0.4, 0.5) is 4.79 Å². The molecule has 0 aliphatic carbocycles. The molecule has 3 aromatic rings. The summed E-state index contributed by atoms with van der Waals surface area (Å²) < 4.78 is 1.48. The van der Waals surface area contributed by atoms with E-state index in [1.165, 1.54) is 4.68 Å². The summed E-state index contributed by atoms with van der Waals surface area (Å²) in [5.41, 5.74) is 0.568. The molecule has 1 aliphatic heterocycles.